The summed E-state index contributed by atoms with van der Waals surface area (Å²) in [6.45, 7) is 5.37. The zero-order valence-electron chi connectivity index (χ0n) is 19.2. The number of hydrogen-bond acceptors (Lipinski definition) is 4. The van der Waals surface area contributed by atoms with Crippen LogP contribution >= 0.6 is 27.5 Å². The molecule has 0 atom stereocenters. The second-order valence-corrected chi connectivity index (χ2v) is 9.72. The maximum absolute atomic E-state index is 6.61. The second kappa shape index (κ2) is 11.2. The van der Waals surface area contributed by atoms with Crippen molar-refractivity contribution in [2.24, 2.45) is 0 Å². The van der Waals surface area contributed by atoms with Crippen LogP contribution in [-0.4, -0.2) is 20.2 Å². The predicted octanol–water partition coefficient (Wildman–Crippen LogP) is 7.60. The number of hydrogen-bond donors (Lipinski definition) is 1. The van der Waals surface area contributed by atoms with Gasteiger partial charge in [0.15, 0.2) is 11.5 Å². The number of benzene rings is 3. The summed E-state index contributed by atoms with van der Waals surface area (Å²) in [5.41, 5.74) is 5.54. The minimum Gasteiger partial charge on any atom is -0.493 e. The van der Waals surface area contributed by atoms with Crippen molar-refractivity contribution in [2.45, 2.75) is 39.3 Å². The third-order valence-corrected chi connectivity index (χ3v) is 6.79. The van der Waals surface area contributed by atoms with Gasteiger partial charge in [-0.25, -0.2) is 0 Å². The zero-order valence-corrected chi connectivity index (χ0v) is 21.5. The highest BCUT2D eigenvalue weighted by Crippen LogP contribution is 2.38. The van der Waals surface area contributed by atoms with Gasteiger partial charge in [-0.2, -0.15) is 0 Å². The maximum atomic E-state index is 6.61. The number of halogens is 2. The van der Waals surface area contributed by atoms with Crippen LogP contribution in [0.5, 0.6) is 11.5 Å². The molecule has 0 amide bonds. The van der Waals surface area contributed by atoms with Gasteiger partial charge in [-0.1, -0.05) is 41.4 Å². The van der Waals surface area contributed by atoms with E-state index in [1.54, 1.807) is 7.11 Å². The van der Waals surface area contributed by atoms with E-state index in [0.717, 1.165) is 45.1 Å². The lowest BCUT2D eigenvalue weighted by Crippen LogP contribution is -2.29. The first-order valence-electron chi connectivity index (χ1n) is 11.4. The van der Waals surface area contributed by atoms with Crippen LogP contribution in [0.4, 0.5) is 11.4 Å². The van der Waals surface area contributed by atoms with Gasteiger partial charge in [0, 0.05) is 25.3 Å². The minimum atomic E-state index is 0.482. The van der Waals surface area contributed by atoms with Crippen molar-refractivity contribution in [1.82, 2.24) is 0 Å². The molecule has 0 bridgehead atoms. The first kappa shape index (κ1) is 23.8. The summed E-state index contributed by atoms with van der Waals surface area (Å²) in [6.07, 6.45) is 3.78. The van der Waals surface area contributed by atoms with Gasteiger partial charge in [0.1, 0.15) is 6.61 Å². The molecule has 0 radical (unpaired) electrons. The number of aryl methyl sites for hydroxylation is 1. The Morgan fingerprint density at radius 2 is 1.82 bits per heavy atom. The molecule has 0 aliphatic carbocycles. The van der Waals surface area contributed by atoms with Crippen molar-refractivity contribution < 1.29 is 9.47 Å². The molecule has 6 heteroatoms. The van der Waals surface area contributed by atoms with E-state index in [0.29, 0.717) is 24.7 Å². The molecule has 0 unspecified atom stereocenters. The van der Waals surface area contributed by atoms with Crippen LogP contribution in [0.15, 0.2) is 59.1 Å². The summed E-state index contributed by atoms with van der Waals surface area (Å²) in [6, 6.07) is 18.6. The van der Waals surface area contributed by atoms with Gasteiger partial charge in [0.25, 0.3) is 0 Å². The summed E-state index contributed by atoms with van der Waals surface area (Å²) < 4.78 is 12.6. The van der Waals surface area contributed by atoms with Crippen LogP contribution in [0.1, 0.15) is 36.0 Å². The molecule has 1 aliphatic heterocycles. The van der Waals surface area contributed by atoms with E-state index >= 15 is 0 Å². The number of nitrogens with zero attached hydrogens (tertiary/aromatic N) is 1. The van der Waals surface area contributed by atoms with Gasteiger partial charge in [0.05, 0.1) is 22.3 Å². The Morgan fingerprint density at radius 3 is 2.55 bits per heavy atom. The summed E-state index contributed by atoms with van der Waals surface area (Å²) in [5.74, 6) is 1.41. The fourth-order valence-electron chi connectivity index (χ4n) is 4.19. The third-order valence-electron chi connectivity index (χ3n) is 5.90. The standard InChI is InChI=1S/C27H30BrClN2O2/c1-19-7-6-8-20(13-19)18-33-27-23(28)14-21(15-26(27)32-2)17-30-22-9-10-25(24(29)16-22)31-11-4-3-5-12-31/h6-10,13-16,30H,3-5,11-12,17-18H2,1-2H3. The first-order chi connectivity index (χ1) is 16.0. The maximum Gasteiger partial charge on any atom is 0.175 e. The highest BCUT2D eigenvalue weighted by Gasteiger charge is 2.15. The van der Waals surface area contributed by atoms with Crippen LogP contribution in [0.25, 0.3) is 0 Å². The number of nitrogens with one attached hydrogen (secondary N) is 1. The van der Waals surface area contributed by atoms with E-state index in [-0.39, 0.29) is 0 Å². The molecule has 1 aliphatic rings. The number of rotatable bonds is 8. The lowest BCUT2D eigenvalue weighted by atomic mass is 10.1. The molecule has 4 nitrogen and oxygen atoms in total. The molecule has 0 saturated carbocycles. The van der Waals surface area contributed by atoms with Gasteiger partial charge in [-0.15, -0.1) is 0 Å². The molecule has 4 rings (SSSR count). The molecule has 3 aromatic carbocycles. The highest BCUT2D eigenvalue weighted by atomic mass is 79.9. The van der Waals surface area contributed by atoms with Crippen molar-refractivity contribution in [3.8, 4) is 11.5 Å². The molecule has 1 fully saturated rings. The van der Waals surface area contributed by atoms with E-state index < -0.39 is 0 Å². The monoisotopic (exact) mass is 528 g/mol. The molecule has 0 spiro atoms. The molecule has 1 heterocycles. The van der Waals surface area contributed by atoms with Gasteiger partial charge in [0.2, 0.25) is 0 Å². The Labute approximate surface area is 210 Å². The summed E-state index contributed by atoms with van der Waals surface area (Å²) in [7, 11) is 1.66. The van der Waals surface area contributed by atoms with Crippen LogP contribution in [0.3, 0.4) is 0 Å². The Morgan fingerprint density at radius 1 is 1.00 bits per heavy atom. The average molecular weight is 530 g/mol. The van der Waals surface area contributed by atoms with Crippen LogP contribution in [0, 0.1) is 6.92 Å². The van der Waals surface area contributed by atoms with E-state index in [1.807, 2.05) is 18.2 Å². The second-order valence-electron chi connectivity index (χ2n) is 8.45. The predicted molar refractivity (Wildman–Crippen MR) is 141 cm³/mol. The van der Waals surface area contributed by atoms with Gasteiger partial charge in [-0.3, -0.25) is 0 Å². The first-order valence-corrected chi connectivity index (χ1v) is 12.5. The number of piperidine rings is 1. The molecular weight excluding hydrogens is 500 g/mol. The Balaban J connectivity index is 1.42. The van der Waals surface area contributed by atoms with Gasteiger partial charge < -0.3 is 19.7 Å². The summed E-state index contributed by atoms with van der Waals surface area (Å²) >= 11 is 10.3. The van der Waals surface area contributed by atoms with Crippen LogP contribution in [-0.2, 0) is 13.2 Å². The zero-order chi connectivity index (χ0) is 23.2. The fourth-order valence-corrected chi connectivity index (χ4v) is 5.09. The largest absolute Gasteiger partial charge is 0.493 e. The van der Waals surface area contributed by atoms with Crippen molar-refractivity contribution in [1.29, 1.82) is 0 Å². The molecule has 33 heavy (non-hydrogen) atoms. The van der Waals surface area contributed by atoms with Crippen molar-refractivity contribution in [2.75, 3.05) is 30.4 Å². The highest BCUT2D eigenvalue weighted by molar-refractivity contribution is 9.10. The molecule has 1 saturated heterocycles. The lowest BCUT2D eigenvalue weighted by Gasteiger charge is -2.29. The SMILES string of the molecule is COc1cc(CNc2ccc(N3CCCCC3)c(Cl)c2)cc(Br)c1OCc1cccc(C)c1. The number of anilines is 2. The topological polar surface area (TPSA) is 33.7 Å². The van der Waals surface area contributed by atoms with Crippen LogP contribution in [0.2, 0.25) is 5.02 Å². The van der Waals surface area contributed by atoms with E-state index in [4.69, 9.17) is 21.1 Å². The quantitative estimate of drug-likeness (QED) is 0.326. The molecule has 174 valence electrons. The molecule has 3 aromatic rings. The van der Waals surface area contributed by atoms with E-state index in [1.165, 1.54) is 24.8 Å². The fraction of sp³-hybridized carbons (Fsp3) is 0.333. The normalized spacial score (nSPS) is 13.6. The van der Waals surface area contributed by atoms with Gasteiger partial charge >= 0.3 is 0 Å². The summed E-state index contributed by atoms with van der Waals surface area (Å²) in [5, 5.41) is 4.27. The Hall–Kier alpha value is -2.37. The van der Waals surface area contributed by atoms with Crippen LogP contribution < -0.4 is 19.7 Å². The van der Waals surface area contributed by atoms with Gasteiger partial charge in [-0.05, 0) is 83.6 Å². The van der Waals surface area contributed by atoms with Crippen molar-refractivity contribution in [3.63, 3.8) is 0 Å². The Kier molecular flexibility index (Phi) is 8.05. The van der Waals surface area contributed by atoms with E-state index in [2.05, 4.69) is 69.5 Å². The molecular formula is C27H30BrClN2O2. The smallest absolute Gasteiger partial charge is 0.175 e. The van der Waals surface area contributed by atoms with Crippen molar-refractivity contribution in [3.05, 3.63) is 80.8 Å². The van der Waals surface area contributed by atoms with Crippen molar-refractivity contribution >= 4 is 38.9 Å². The summed E-state index contributed by atoms with van der Waals surface area (Å²) in [4.78, 5) is 2.38. The number of ether oxygens (including phenoxy) is 2. The minimum absolute atomic E-state index is 0.482. The molecule has 1 N–H and O–H groups in total. The van der Waals surface area contributed by atoms with E-state index in [9.17, 15) is 0 Å². The number of methoxy groups -OCH3 is 1. The lowest BCUT2D eigenvalue weighted by molar-refractivity contribution is 0.282. The molecule has 0 aromatic heterocycles. The Bertz CT molecular complexity index is 1100. The third kappa shape index (κ3) is 6.15. The average Bonchev–Trinajstić information content (AvgIpc) is 2.82.